The highest BCUT2D eigenvalue weighted by Crippen LogP contribution is 2.32. The van der Waals surface area contributed by atoms with Crippen LogP contribution in [0, 0.1) is 5.92 Å². The number of rotatable bonds is 9. The van der Waals surface area contributed by atoms with E-state index in [2.05, 4.69) is 25.2 Å². The van der Waals surface area contributed by atoms with Crippen LogP contribution in [-0.4, -0.2) is 13.7 Å². The fraction of sp³-hybridized carbons (Fsp3) is 0.400. The molecule has 0 aliphatic carbocycles. The van der Waals surface area contributed by atoms with E-state index in [9.17, 15) is 0 Å². The third-order valence-electron chi connectivity index (χ3n) is 3.86. The van der Waals surface area contributed by atoms with Gasteiger partial charge in [-0.15, -0.1) is 0 Å². The van der Waals surface area contributed by atoms with E-state index < -0.39 is 0 Å². The zero-order chi connectivity index (χ0) is 18.2. The Morgan fingerprint density at radius 3 is 2.56 bits per heavy atom. The molecule has 2 rings (SSSR count). The second-order valence-corrected chi connectivity index (χ2v) is 7.16. The van der Waals surface area contributed by atoms with Crippen molar-refractivity contribution in [3.8, 4) is 11.5 Å². The van der Waals surface area contributed by atoms with E-state index in [0.29, 0.717) is 22.6 Å². The number of hydrogen-bond donors (Lipinski definition) is 1. The molecule has 25 heavy (non-hydrogen) atoms. The van der Waals surface area contributed by atoms with Crippen LogP contribution in [0.5, 0.6) is 11.5 Å². The quantitative estimate of drug-likeness (QED) is 0.563. The van der Waals surface area contributed by atoms with Gasteiger partial charge in [0.25, 0.3) is 0 Å². The number of nitrogens with one attached hydrogen (secondary N) is 1. The first kappa shape index (κ1) is 19.9. The molecule has 0 aliphatic rings. The first-order chi connectivity index (χ1) is 12.0. The average Bonchev–Trinajstić information content (AvgIpc) is 2.59. The zero-order valence-corrected chi connectivity index (χ0v) is 16.5. The summed E-state index contributed by atoms with van der Waals surface area (Å²) in [5.74, 6) is 2.17. The second-order valence-electron chi connectivity index (χ2n) is 6.34. The molecule has 136 valence electrons. The van der Waals surface area contributed by atoms with Gasteiger partial charge in [0.2, 0.25) is 0 Å². The Morgan fingerprint density at radius 2 is 1.88 bits per heavy atom. The zero-order valence-electron chi connectivity index (χ0n) is 14.9. The maximum Gasteiger partial charge on any atom is 0.166 e. The fourth-order valence-corrected chi connectivity index (χ4v) is 2.74. The van der Waals surface area contributed by atoms with Gasteiger partial charge in [0.15, 0.2) is 11.5 Å². The molecule has 3 nitrogen and oxygen atoms in total. The summed E-state index contributed by atoms with van der Waals surface area (Å²) in [6.45, 7) is 6.55. The van der Waals surface area contributed by atoms with Gasteiger partial charge in [0.05, 0.1) is 17.2 Å². The van der Waals surface area contributed by atoms with Crippen LogP contribution in [0.25, 0.3) is 0 Å². The monoisotopic (exact) mass is 381 g/mol. The number of benzene rings is 2. The summed E-state index contributed by atoms with van der Waals surface area (Å²) in [7, 11) is 1.65. The van der Waals surface area contributed by atoms with Gasteiger partial charge < -0.3 is 14.8 Å². The standard InChI is InChI=1S/C20H25Cl2NO2/c1-14(2)9-10-23-12-16-5-4-6-19(24-3)20(16)25-13-15-7-8-17(21)18(22)11-15/h4-8,11,14,23H,9-10,12-13H2,1-3H3. The average molecular weight is 382 g/mol. The molecule has 0 radical (unpaired) electrons. The van der Waals surface area contributed by atoms with Crippen LogP contribution in [0.15, 0.2) is 36.4 Å². The minimum absolute atomic E-state index is 0.399. The first-order valence-electron chi connectivity index (χ1n) is 8.44. The molecule has 0 saturated heterocycles. The van der Waals surface area contributed by atoms with Gasteiger partial charge in [-0.2, -0.15) is 0 Å². The highest BCUT2D eigenvalue weighted by atomic mass is 35.5. The van der Waals surface area contributed by atoms with Crippen LogP contribution in [0.2, 0.25) is 10.0 Å². The molecule has 1 N–H and O–H groups in total. The highest BCUT2D eigenvalue weighted by Gasteiger charge is 2.11. The molecule has 0 fully saturated rings. The Labute approximate surface area is 160 Å². The molecule has 2 aromatic rings. The lowest BCUT2D eigenvalue weighted by Crippen LogP contribution is -2.17. The third-order valence-corrected chi connectivity index (χ3v) is 4.60. The molecule has 0 atom stereocenters. The van der Waals surface area contributed by atoms with Crippen LogP contribution < -0.4 is 14.8 Å². The molecule has 0 spiro atoms. The van der Waals surface area contributed by atoms with Gasteiger partial charge in [-0.25, -0.2) is 0 Å². The summed E-state index contributed by atoms with van der Waals surface area (Å²) in [5, 5.41) is 4.53. The van der Waals surface area contributed by atoms with Crippen molar-refractivity contribution in [3.63, 3.8) is 0 Å². The molecule has 0 heterocycles. The Bertz CT molecular complexity index is 689. The van der Waals surface area contributed by atoms with Gasteiger partial charge in [0, 0.05) is 12.1 Å². The van der Waals surface area contributed by atoms with Crippen molar-refractivity contribution in [2.24, 2.45) is 5.92 Å². The maximum atomic E-state index is 6.07. The largest absolute Gasteiger partial charge is 0.493 e. The molecule has 0 saturated carbocycles. The minimum atomic E-state index is 0.399. The SMILES string of the molecule is COc1cccc(CNCCC(C)C)c1OCc1ccc(Cl)c(Cl)c1. The van der Waals surface area contributed by atoms with Crippen molar-refractivity contribution in [3.05, 3.63) is 57.6 Å². The predicted octanol–water partition coefficient (Wildman–Crippen LogP) is 5.72. The van der Waals surface area contributed by atoms with Crippen molar-refractivity contribution in [2.75, 3.05) is 13.7 Å². The molecule has 0 amide bonds. The van der Waals surface area contributed by atoms with Gasteiger partial charge in [-0.05, 0) is 42.6 Å². The van der Waals surface area contributed by atoms with E-state index in [1.165, 1.54) is 0 Å². The molecule has 0 bridgehead atoms. The van der Waals surface area contributed by atoms with Crippen molar-refractivity contribution in [1.29, 1.82) is 0 Å². The topological polar surface area (TPSA) is 30.5 Å². The van der Waals surface area contributed by atoms with Crippen LogP contribution in [-0.2, 0) is 13.2 Å². The van der Waals surface area contributed by atoms with Gasteiger partial charge in [-0.1, -0.05) is 55.2 Å². The Morgan fingerprint density at radius 1 is 1.08 bits per heavy atom. The molecule has 0 unspecified atom stereocenters. The van der Waals surface area contributed by atoms with E-state index in [1.807, 2.05) is 24.3 Å². The van der Waals surface area contributed by atoms with Crippen LogP contribution in [0.1, 0.15) is 31.4 Å². The first-order valence-corrected chi connectivity index (χ1v) is 9.20. The number of ether oxygens (including phenoxy) is 2. The number of hydrogen-bond acceptors (Lipinski definition) is 3. The van der Waals surface area contributed by atoms with E-state index in [4.69, 9.17) is 32.7 Å². The fourth-order valence-electron chi connectivity index (χ4n) is 2.42. The number of halogens is 2. The molecule has 5 heteroatoms. The summed E-state index contributed by atoms with van der Waals surface area (Å²) < 4.78 is 11.5. The third kappa shape index (κ3) is 6.10. The van der Waals surface area contributed by atoms with E-state index >= 15 is 0 Å². The summed E-state index contributed by atoms with van der Waals surface area (Å²) in [4.78, 5) is 0. The van der Waals surface area contributed by atoms with Crippen molar-refractivity contribution in [1.82, 2.24) is 5.32 Å². The Hall–Kier alpha value is -1.42. The van der Waals surface area contributed by atoms with Crippen LogP contribution >= 0.6 is 23.2 Å². The van der Waals surface area contributed by atoms with Crippen molar-refractivity contribution >= 4 is 23.2 Å². The van der Waals surface area contributed by atoms with Crippen LogP contribution in [0.4, 0.5) is 0 Å². The molecular formula is C20H25Cl2NO2. The Balaban J connectivity index is 2.07. The summed E-state index contributed by atoms with van der Waals surface area (Å²) in [5.41, 5.74) is 2.03. The van der Waals surface area contributed by atoms with Crippen molar-refractivity contribution in [2.45, 2.75) is 33.4 Å². The lowest BCUT2D eigenvalue weighted by atomic mass is 10.1. The molecule has 0 aliphatic heterocycles. The lowest BCUT2D eigenvalue weighted by molar-refractivity contribution is 0.280. The molecule has 0 aromatic heterocycles. The lowest BCUT2D eigenvalue weighted by Gasteiger charge is -2.16. The smallest absolute Gasteiger partial charge is 0.166 e. The van der Waals surface area contributed by atoms with E-state index in [1.54, 1.807) is 13.2 Å². The Kier molecular flexibility index (Phi) is 7.89. The summed E-state index contributed by atoms with van der Waals surface area (Å²) in [6.07, 6.45) is 1.14. The van der Waals surface area contributed by atoms with E-state index in [0.717, 1.165) is 42.1 Å². The molecule has 2 aromatic carbocycles. The minimum Gasteiger partial charge on any atom is -0.493 e. The predicted molar refractivity (Wildman–Crippen MR) is 105 cm³/mol. The normalized spacial score (nSPS) is 11.0. The van der Waals surface area contributed by atoms with Crippen molar-refractivity contribution < 1.29 is 9.47 Å². The maximum absolute atomic E-state index is 6.07. The summed E-state index contributed by atoms with van der Waals surface area (Å²) in [6, 6.07) is 11.4. The van der Waals surface area contributed by atoms with Crippen LogP contribution in [0.3, 0.4) is 0 Å². The second kappa shape index (κ2) is 9.91. The van der Waals surface area contributed by atoms with Gasteiger partial charge >= 0.3 is 0 Å². The number of para-hydroxylation sites is 1. The molecular weight excluding hydrogens is 357 g/mol. The number of methoxy groups -OCH3 is 1. The summed E-state index contributed by atoms with van der Waals surface area (Å²) >= 11 is 12.0. The van der Waals surface area contributed by atoms with Gasteiger partial charge in [0.1, 0.15) is 6.61 Å². The van der Waals surface area contributed by atoms with Gasteiger partial charge in [-0.3, -0.25) is 0 Å². The van der Waals surface area contributed by atoms with E-state index in [-0.39, 0.29) is 0 Å². The highest BCUT2D eigenvalue weighted by molar-refractivity contribution is 6.42.